The number of nitrogens with zero attached hydrogens (tertiary/aromatic N) is 2. The van der Waals surface area contributed by atoms with Gasteiger partial charge in [-0.15, -0.1) is 0 Å². The van der Waals surface area contributed by atoms with Crippen LogP contribution in [0.5, 0.6) is 5.88 Å². The Labute approximate surface area is 95.2 Å². The van der Waals surface area contributed by atoms with Crippen LogP contribution in [0.4, 0.5) is 11.5 Å². The van der Waals surface area contributed by atoms with Crippen LogP contribution in [0.25, 0.3) is 0 Å². The highest BCUT2D eigenvalue weighted by molar-refractivity contribution is 5.66. The fourth-order valence-corrected chi connectivity index (χ4v) is 1.21. The lowest BCUT2D eigenvalue weighted by Crippen LogP contribution is -2.13. The molecule has 0 unspecified atom stereocenters. The molecule has 0 amide bonds. The molecule has 0 spiro atoms. The van der Waals surface area contributed by atoms with E-state index in [-0.39, 0.29) is 0 Å². The standard InChI is InChI=1S/C10H18N4O2/c1-4-16-10-8(11)9(12-5-6-15-3)13-7(2)14-10/h4-6,11H2,1-3H3,(H,12,13,14). The van der Waals surface area contributed by atoms with E-state index >= 15 is 0 Å². The predicted octanol–water partition coefficient (Wildman–Crippen LogP) is 0.824. The molecule has 0 aliphatic heterocycles. The molecule has 1 heterocycles. The van der Waals surface area contributed by atoms with Crippen molar-refractivity contribution in [3.63, 3.8) is 0 Å². The van der Waals surface area contributed by atoms with Gasteiger partial charge in [0.15, 0.2) is 5.82 Å². The maximum Gasteiger partial charge on any atom is 0.242 e. The van der Waals surface area contributed by atoms with Crippen molar-refractivity contribution in [3.05, 3.63) is 5.82 Å². The van der Waals surface area contributed by atoms with Crippen molar-refractivity contribution in [1.29, 1.82) is 0 Å². The highest BCUT2D eigenvalue weighted by Gasteiger charge is 2.10. The van der Waals surface area contributed by atoms with Crippen LogP contribution >= 0.6 is 0 Å². The van der Waals surface area contributed by atoms with Gasteiger partial charge in [-0.3, -0.25) is 0 Å². The molecule has 0 atom stereocenters. The number of ether oxygens (including phenoxy) is 2. The minimum atomic E-state index is 0.426. The largest absolute Gasteiger partial charge is 0.476 e. The van der Waals surface area contributed by atoms with Gasteiger partial charge in [-0.25, -0.2) is 4.98 Å². The number of nitrogens with two attached hydrogens (primary N) is 1. The summed E-state index contributed by atoms with van der Waals surface area (Å²) >= 11 is 0. The Kier molecular flexibility index (Phi) is 4.78. The number of methoxy groups -OCH3 is 1. The number of aromatic nitrogens is 2. The zero-order chi connectivity index (χ0) is 12.0. The van der Waals surface area contributed by atoms with Gasteiger partial charge in [0, 0.05) is 13.7 Å². The molecule has 0 aliphatic carbocycles. The van der Waals surface area contributed by atoms with E-state index in [0.717, 1.165) is 0 Å². The van der Waals surface area contributed by atoms with E-state index in [0.29, 0.717) is 43.0 Å². The van der Waals surface area contributed by atoms with Crippen LogP contribution in [0.15, 0.2) is 0 Å². The molecular weight excluding hydrogens is 208 g/mol. The molecule has 0 fully saturated rings. The van der Waals surface area contributed by atoms with Crippen molar-refractivity contribution >= 4 is 11.5 Å². The Morgan fingerprint density at radius 1 is 1.38 bits per heavy atom. The molecule has 0 aromatic carbocycles. The molecule has 0 aliphatic rings. The van der Waals surface area contributed by atoms with Gasteiger partial charge in [-0.05, 0) is 13.8 Å². The normalized spacial score (nSPS) is 10.2. The van der Waals surface area contributed by atoms with Gasteiger partial charge in [0.25, 0.3) is 0 Å². The molecule has 0 saturated heterocycles. The lowest BCUT2D eigenvalue weighted by Gasteiger charge is -2.12. The molecule has 1 aromatic heterocycles. The topological polar surface area (TPSA) is 82.3 Å². The van der Waals surface area contributed by atoms with Crippen LogP contribution in [0.2, 0.25) is 0 Å². The first-order valence-electron chi connectivity index (χ1n) is 5.18. The average molecular weight is 226 g/mol. The van der Waals surface area contributed by atoms with E-state index in [1.54, 1.807) is 14.0 Å². The van der Waals surface area contributed by atoms with Gasteiger partial charge in [0.2, 0.25) is 5.88 Å². The lowest BCUT2D eigenvalue weighted by molar-refractivity contribution is 0.210. The summed E-state index contributed by atoms with van der Waals surface area (Å²) in [5.41, 5.74) is 6.30. The average Bonchev–Trinajstić information content (AvgIpc) is 2.25. The van der Waals surface area contributed by atoms with Gasteiger partial charge in [-0.2, -0.15) is 4.98 Å². The van der Waals surface area contributed by atoms with E-state index in [1.165, 1.54) is 0 Å². The van der Waals surface area contributed by atoms with Gasteiger partial charge in [0.1, 0.15) is 11.5 Å². The highest BCUT2D eigenvalue weighted by atomic mass is 16.5. The van der Waals surface area contributed by atoms with Crippen molar-refractivity contribution in [2.75, 3.05) is 37.9 Å². The van der Waals surface area contributed by atoms with Crippen LogP contribution < -0.4 is 15.8 Å². The molecule has 90 valence electrons. The molecule has 1 rings (SSSR count). The van der Waals surface area contributed by atoms with Crippen molar-refractivity contribution in [1.82, 2.24) is 9.97 Å². The first kappa shape index (κ1) is 12.5. The second kappa shape index (κ2) is 6.12. The second-order valence-electron chi connectivity index (χ2n) is 3.19. The first-order valence-corrected chi connectivity index (χ1v) is 5.18. The number of hydrogen-bond acceptors (Lipinski definition) is 6. The Morgan fingerprint density at radius 2 is 2.12 bits per heavy atom. The SMILES string of the molecule is CCOc1nc(C)nc(NCCOC)c1N. The third-order valence-corrected chi connectivity index (χ3v) is 1.90. The third kappa shape index (κ3) is 3.23. The Balaban J connectivity index is 2.81. The zero-order valence-electron chi connectivity index (χ0n) is 9.91. The molecule has 6 nitrogen and oxygen atoms in total. The van der Waals surface area contributed by atoms with Crippen LogP contribution in [0.3, 0.4) is 0 Å². The summed E-state index contributed by atoms with van der Waals surface area (Å²) < 4.78 is 10.3. The minimum Gasteiger partial charge on any atom is -0.476 e. The van der Waals surface area contributed by atoms with Gasteiger partial charge < -0.3 is 20.5 Å². The number of rotatable bonds is 6. The smallest absolute Gasteiger partial charge is 0.242 e. The van der Waals surface area contributed by atoms with Crippen molar-refractivity contribution in [3.8, 4) is 5.88 Å². The summed E-state index contributed by atoms with van der Waals surface area (Å²) in [5, 5.41) is 3.07. The maximum atomic E-state index is 5.87. The Bertz CT molecular complexity index is 344. The fourth-order valence-electron chi connectivity index (χ4n) is 1.21. The van der Waals surface area contributed by atoms with E-state index < -0.39 is 0 Å². The van der Waals surface area contributed by atoms with Gasteiger partial charge in [-0.1, -0.05) is 0 Å². The maximum absolute atomic E-state index is 5.87. The van der Waals surface area contributed by atoms with E-state index in [4.69, 9.17) is 15.2 Å². The number of nitrogen functional groups attached to an aromatic ring is 1. The predicted molar refractivity (Wildman–Crippen MR) is 62.7 cm³/mol. The Hall–Kier alpha value is -1.56. The van der Waals surface area contributed by atoms with Crippen LogP contribution in [0, 0.1) is 6.92 Å². The summed E-state index contributed by atoms with van der Waals surface area (Å²) in [6, 6.07) is 0. The molecule has 3 N–H and O–H groups in total. The molecule has 0 saturated carbocycles. The summed E-state index contributed by atoms with van der Waals surface area (Å²) in [6.07, 6.45) is 0. The summed E-state index contributed by atoms with van der Waals surface area (Å²) in [4.78, 5) is 8.33. The molecule has 6 heteroatoms. The third-order valence-electron chi connectivity index (χ3n) is 1.90. The van der Waals surface area contributed by atoms with E-state index in [1.807, 2.05) is 6.92 Å². The summed E-state index contributed by atoms with van der Waals surface area (Å²) in [7, 11) is 1.64. The van der Waals surface area contributed by atoms with E-state index in [9.17, 15) is 0 Å². The van der Waals surface area contributed by atoms with Gasteiger partial charge in [0.05, 0.1) is 13.2 Å². The van der Waals surface area contributed by atoms with Crippen molar-refractivity contribution in [2.45, 2.75) is 13.8 Å². The molecule has 16 heavy (non-hydrogen) atoms. The summed E-state index contributed by atoms with van der Waals surface area (Å²) in [6.45, 7) is 5.44. The fraction of sp³-hybridized carbons (Fsp3) is 0.600. The quantitative estimate of drug-likeness (QED) is 0.699. The van der Waals surface area contributed by atoms with Crippen LogP contribution in [0.1, 0.15) is 12.7 Å². The minimum absolute atomic E-state index is 0.426. The Morgan fingerprint density at radius 3 is 2.75 bits per heavy atom. The summed E-state index contributed by atoms with van der Waals surface area (Å²) in [5.74, 6) is 1.64. The van der Waals surface area contributed by atoms with Crippen molar-refractivity contribution < 1.29 is 9.47 Å². The molecule has 1 aromatic rings. The first-order chi connectivity index (χ1) is 7.69. The second-order valence-corrected chi connectivity index (χ2v) is 3.19. The molecular formula is C10H18N4O2. The number of hydrogen-bond donors (Lipinski definition) is 2. The van der Waals surface area contributed by atoms with Crippen molar-refractivity contribution in [2.24, 2.45) is 0 Å². The molecule has 0 radical (unpaired) electrons. The van der Waals surface area contributed by atoms with Crippen LogP contribution in [-0.2, 0) is 4.74 Å². The number of anilines is 2. The number of nitrogens with one attached hydrogen (secondary N) is 1. The van der Waals surface area contributed by atoms with E-state index in [2.05, 4.69) is 15.3 Å². The number of aryl methyl sites for hydroxylation is 1. The van der Waals surface area contributed by atoms with Gasteiger partial charge >= 0.3 is 0 Å². The monoisotopic (exact) mass is 226 g/mol. The zero-order valence-corrected chi connectivity index (χ0v) is 9.91. The van der Waals surface area contributed by atoms with Crippen LogP contribution in [-0.4, -0.2) is 36.8 Å². The lowest BCUT2D eigenvalue weighted by atomic mass is 10.4. The highest BCUT2D eigenvalue weighted by Crippen LogP contribution is 2.25. The molecule has 0 bridgehead atoms.